The van der Waals surface area contributed by atoms with Crippen molar-refractivity contribution in [2.45, 2.75) is 59.7 Å². The van der Waals surface area contributed by atoms with Crippen molar-refractivity contribution in [2.24, 2.45) is 11.8 Å². The van der Waals surface area contributed by atoms with Gasteiger partial charge in [-0.3, -0.25) is 14.4 Å². The molecule has 30 heavy (non-hydrogen) atoms. The van der Waals surface area contributed by atoms with Gasteiger partial charge in [-0.05, 0) is 30.5 Å². The molecule has 9 heteroatoms. The molecule has 164 valence electrons. The van der Waals surface area contributed by atoms with E-state index in [-0.39, 0.29) is 35.5 Å². The molecule has 0 spiro atoms. The number of ether oxygens (including phenoxy) is 4. The second-order valence-electron chi connectivity index (χ2n) is 7.36. The first kappa shape index (κ1) is 23.3. The summed E-state index contributed by atoms with van der Waals surface area (Å²) in [5.74, 6) is -3.06. The highest BCUT2D eigenvalue weighted by Crippen LogP contribution is 2.35. The monoisotopic (exact) mass is 422 g/mol. The van der Waals surface area contributed by atoms with E-state index in [1.165, 1.54) is 32.9 Å². The number of carboxylic acid groups (broad SMARTS) is 1. The third kappa shape index (κ3) is 5.56. The molecule has 0 bridgehead atoms. The molecule has 1 fully saturated rings. The van der Waals surface area contributed by atoms with E-state index in [0.29, 0.717) is 5.56 Å². The predicted molar refractivity (Wildman–Crippen MR) is 103 cm³/mol. The minimum Gasteiger partial charge on any atom is -0.478 e. The predicted octanol–water partition coefficient (Wildman–Crippen LogP) is 2.34. The van der Waals surface area contributed by atoms with Gasteiger partial charge in [0.2, 0.25) is 6.29 Å². The molecule has 0 radical (unpaired) electrons. The Bertz CT molecular complexity index is 832. The average Bonchev–Trinajstić information content (AvgIpc) is 2.65. The summed E-state index contributed by atoms with van der Waals surface area (Å²) in [6.07, 6.45) is -2.80. The van der Waals surface area contributed by atoms with Crippen LogP contribution in [-0.2, 0) is 35.2 Å². The fraction of sp³-hybridized carbons (Fsp3) is 0.524. The van der Waals surface area contributed by atoms with Crippen molar-refractivity contribution in [1.29, 1.82) is 0 Å². The molecule has 0 saturated carbocycles. The van der Waals surface area contributed by atoms with Crippen molar-refractivity contribution >= 4 is 23.7 Å². The average molecular weight is 422 g/mol. The third-order valence-corrected chi connectivity index (χ3v) is 5.04. The Morgan fingerprint density at radius 2 is 1.70 bits per heavy atom. The van der Waals surface area contributed by atoms with Crippen molar-refractivity contribution < 1.29 is 43.2 Å². The number of hydrogen-bond donors (Lipinski definition) is 1. The van der Waals surface area contributed by atoms with Gasteiger partial charge in [0.05, 0.1) is 0 Å². The number of carbonyl (C=O) groups is 4. The summed E-state index contributed by atoms with van der Waals surface area (Å²) in [4.78, 5) is 46.3. The molecule has 1 aromatic carbocycles. The van der Waals surface area contributed by atoms with Gasteiger partial charge in [0.1, 0.15) is 24.0 Å². The molecule has 1 heterocycles. The topological polar surface area (TPSA) is 125 Å². The van der Waals surface area contributed by atoms with Crippen LogP contribution in [0, 0.1) is 11.8 Å². The van der Waals surface area contributed by atoms with Gasteiger partial charge >= 0.3 is 17.9 Å². The van der Waals surface area contributed by atoms with Crippen molar-refractivity contribution in [3.63, 3.8) is 0 Å². The second-order valence-corrected chi connectivity index (χ2v) is 7.36. The Kier molecular flexibility index (Phi) is 7.55. The molecular formula is C21H26O9. The van der Waals surface area contributed by atoms with E-state index >= 15 is 0 Å². The van der Waals surface area contributed by atoms with Crippen LogP contribution in [-0.4, -0.2) is 47.3 Å². The molecule has 9 nitrogen and oxygen atoms in total. The van der Waals surface area contributed by atoms with Crippen molar-refractivity contribution in [2.75, 3.05) is 0 Å². The lowest BCUT2D eigenvalue weighted by molar-refractivity contribution is -0.242. The van der Waals surface area contributed by atoms with E-state index in [1.807, 2.05) is 13.8 Å². The maximum atomic E-state index is 12.0. The van der Waals surface area contributed by atoms with E-state index in [9.17, 15) is 24.3 Å². The van der Waals surface area contributed by atoms with Crippen LogP contribution in [0.5, 0.6) is 5.75 Å². The number of hydrogen-bond acceptors (Lipinski definition) is 8. The molecule has 1 unspecified atom stereocenters. The quantitative estimate of drug-likeness (QED) is 0.659. The van der Waals surface area contributed by atoms with Gasteiger partial charge in [0.25, 0.3) is 0 Å². The van der Waals surface area contributed by atoms with Crippen LogP contribution >= 0.6 is 0 Å². The van der Waals surface area contributed by atoms with Gasteiger partial charge < -0.3 is 24.1 Å². The first-order chi connectivity index (χ1) is 14.0. The van der Waals surface area contributed by atoms with Gasteiger partial charge in [0.15, 0.2) is 11.9 Å². The number of rotatable bonds is 7. The van der Waals surface area contributed by atoms with E-state index in [2.05, 4.69) is 0 Å². The van der Waals surface area contributed by atoms with Gasteiger partial charge in [-0.25, -0.2) is 4.79 Å². The first-order valence-electron chi connectivity index (χ1n) is 9.50. The number of esters is 2. The number of ketones is 1. The highest BCUT2D eigenvalue weighted by Gasteiger charge is 2.46. The van der Waals surface area contributed by atoms with Crippen LogP contribution in [0.2, 0.25) is 0 Å². The molecular weight excluding hydrogens is 396 g/mol. The summed E-state index contributed by atoms with van der Waals surface area (Å²) in [5.41, 5.74) is 0.273. The van der Waals surface area contributed by atoms with E-state index in [1.54, 1.807) is 6.07 Å². The molecule has 1 N–H and O–H groups in total. The fourth-order valence-electron chi connectivity index (χ4n) is 3.33. The smallest absolute Gasteiger partial charge is 0.339 e. The van der Waals surface area contributed by atoms with Crippen LogP contribution in [0.15, 0.2) is 18.2 Å². The van der Waals surface area contributed by atoms with E-state index < -0.39 is 36.4 Å². The number of carbonyl (C=O) groups excluding carboxylic acids is 3. The number of carboxylic acids is 1. The minimum absolute atomic E-state index is 0.0275. The summed E-state index contributed by atoms with van der Waals surface area (Å²) >= 11 is 0. The van der Waals surface area contributed by atoms with Crippen molar-refractivity contribution in [3.05, 3.63) is 29.3 Å². The molecule has 1 saturated heterocycles. The Labute approximate surface area is 174 Å². The zero-order valence-corrected chi connectivity index (χ0v) is 17.5. The van der Waals surface area contributed by atoms with Gasteiger partial charge in [-0.2, -0.15) is 0 Å². The summed E-state index contributed by atoms with van der Waals surface area (Å²) in [5, 5.41) is 9.57. The largest absolute Gasteiger partial charge is 0.478 e. The number of Topliss-reactive ketones (excluding diaryl/α,β-unsaturated/α-hetero) is 1. The Morgan fingerprint density at radius 1 is 1.03 bits per heavy atom. The zero-order chi connectivity index (χ0) is 22.6. The van der Waals surface area contributed by atoms with Crippen molar-refractivity contribution in [3.8, 4) is 5.75 Å². The standard InChI is InChI=1S/C21H26O9/c1-10-11(2)19(28-14(5)24)21(30-18(10)12(3)22)29-17-7-6-15(9-27-13(4)23)8-16(17)20(25)26/h6-8,10-11,18-19,21H,9H2,1-5H3,(H,25,26)/t10-,11-,18-,19+,21?/m0/s1. The van der Waals surface area contributed by atoms with Crippen LogP contribution in [0.25, 0.3) is 0 Å². The lowest BCUT2D eigenvalue weighted by Crippen LogP contribution is -2.55. The van der Waals surface area contributed by atoms with Crippen molar-refractivity contribution in [1.82, 2.24) is 0 Å². The third-order valence-electron chi connectivity index (χ3n) is 5.04. The number of aromatic carboxylic acids is 1. The highest BCUT2D eigenvalue weighted by atomic mass is 16.7. The maximum Gasteiger partial charge on any atom is 0.339 e. The van der Waals surface area contributed by atoms with Crippen LogP contribution in [0.1, 0.15) is 50.5 Å². The summed E-state index contributed by atoms with van der Waals surface area (Å²) < 4.78 is 21.8. The number of benzene rings is 1. The lowest BCUT2D eigenvalue weighted by atomic mass is 9.82. The van der Waals surface area contributed by atoms with E-state index in [4.69, 9.17) is 18.9 Å². The Hall–Kier alpha value is -2.94. The molecule has 0 amide bonds. The van der Waals surface area contributed by atoms with E-state index in [0.717, 1.165) is 0 Å². The Balaban J connectivity index is 2.35. The normalized spacial score (nSPS) is 25.8. The molecule has 2 rings (SSSR count). The maximum absolute atomic E-state index is 12.0. The van der Waals surface area contributed by atoms with Gasteiger partial charge in [-0.1, -0.05) is 19.9 Å². The first-order valence-corrected chi connectivity index (χ1v) is 9.50. The summed E-state index contributed by atoms with van der Waals surface area (Å²) in [7, 11) is 0. The molecule has 5 atom stereocenters. The lowest BCUT2D eigenvalue weighted by Gasteiger charge is -2.42. The molecule has 0 aliphatic carbocycles. The minimum atomic E-state index is -1.26. The Morgan fingerprint density at radius 3 is 2.23 bits per heavy atom. The van der Waals surface area contributed by atoms with Crippen LogP contribution in [0.4, 0.5) is 0 Å². The summed E-state index contributed by atoms with van der Waals surface area (Å²) in [6.45, 7) is 7.43. The highest BCUT2D eigenvalue weighted by molar-refractivity contribution is 5.91. The summed E-state index contributed by atoms with van der Waals surface area (Å²) in [6, 6.07) is 4.27. The molecule has 0 aromatic heterocycles. The fourth-order valence-corrected chi connectivity index (χ4v) is 3.33. The second kappa shape index (κ2) is 9.71. The SMILES string of the molecule is CC(=O)OCc1ccc(OC2O[C@H](C(C)=O)[C@@H](C)[C@H](C)[C@H]2OC(C)=O)c(C(=O)O)c1. The van der Waals surface area contributed by atoms with Crippen LogP contribution in [0.3, 0.4) is 0 Å². The molecule has 1 aliphatic rings. The van der Waals surface area contributed by atoms with Gasteiger partial charge in [-0.15, -0.1) is 0 Å². The van der Waals surface area contributed by atoms with Gasteiger partial charge in [0, 0.05) is 19.8 Å². The zero-order valence-electron chi connectivity index (χ0n) is 17.5. The molecule has 1 aromatic rings. The molecule has 1 aliphatic heterocycles. The van der Waals surface area contributed by atoms with Crippen LogP contribution < -0.4 is 4.74 Å².